The van der Waals surface area contributed by atoms with E-state index in [1.807, 2.05) is 6.92 Å². The molecule has 104 valence electrons. The largest absolute Gasteiger partial charge is 0.329 e. The van der Waals surface area contributed by atoms with Crippen molar-refractivity contribution in [2.75, 3.05) is 11.9 Å². The van der Waals surface area contributed by atoms with Gasteiger partial charge in [-0.15, -0.1) is 0 Å². The van der Waals surface area contributed by atoms with Crippen LogP contribution >= 0.6 is 0 Å². The fraction of sp³-hybridized carbons (Fsp3) is 0.500. The monoisotopic (exact) mass is 268 g/mol. The van der Waals surface area contributed by atoms with Crippen LogP contribution in [-0.2, 0) is 4.79 Å². The first kappa shape index (κ1) is 13.9. The number of anilines is 1. The van der Waals surface area contributed by atoms with Gasteiger partial charge >= 0.3 is 0 Å². The smallest absolute Gasteiger partial charge is 0.231 e. The summed E-state index contributed by atoms with van der Waals surface area (Å²) in [5.74, 6) is -1.06. The van der Waals surface area contributed by atoms with Crippen LogP contribution in [0.25, 0.3) is 0 Å². The summed E-state index contributed by atoms with van der Waals surface area (Å²) >= 11 is 0. The summed E-state index contributed by atoms with van der Waals surface area (Å²) in [7, 11) is 0. The summed E-state index contributed by atoms with van der Waals surface area (Å²) in [4.78, 5) is 12.2. The van der Waals surface area contributed by atoms with Crippen LogP contribution in [-0.4, -0.2) is 12.5 Å². The maximum Gasteiger partial charge on any atom is 0.231 e. The number of nitrogens with one attached hydrogen (secondary N) is 1. The number of nitrogens with two attached hydrogens (primary N) is 1. The van der Waals surface area contributed by atoms with Gasteiger partial charge in [-0.3, -0.25) is 4.79 Å². The Labute approximate surface area is 111 Å². The summed E-state index contributed by atoms with van der Waals surface area (Å²) in [6.45, 7) is 3.73. The first-order valence-electron chi connectivity index (χ1n) is 6.35. The number of hydrogen-bond acceptors (Lipinski definition) is 2. The maximum atomic E-state index is 13.7. The molecule has 0 bridgehead atoms. The average molecular weight is 268 g/mol. The molecule has 1 aromatic carbocycles. The van der Waals surface area contributed by atoms with Crippen LogP contribution in [0.1, 0.15) is 25.3 Å². The molecule has 0 saturated heterocycles. The standard InChI is InChI=1S/C14H18F2N2O/c1-8-5-14(6-8,7-17)13(19)18-12-4-10(15)9(2)3-11(12)16/h3-4,8H,5-7,17H2,1-2H3,(H,18,19). The molecule has 1 aromatic rings. The summed E-state index contributed by atoms with van der Waals surface area (Å²) in [6, 6.07) is 2.08. The SMILES string of the molecule is Cc1cc(F)c(NC(=O)C2(CN)CC(C)C2)cc1F. The van der Waals surface area contributed by atoms with Crippen LogP contribution in [0.3, 0.4) is 0 Å². The molecular weight excluding hydrogens is 250 g/mol. The third-order valence-corrected chi connectivity index (χ3v) is 3.85. The van der Waals surface area contributed by atoms with Gasteiger partial charge in [-0.25, -0.2) is 8.78 Å². The zero-order chi connectivity index (χ0) is 14.2. The van der Waals surface area contributed by atoms with Gasteiger partial charge in [0.05, 0.1) is 11.1 Å². The van der Waals surface area contributed by atoms with E-state index in [4.69, 9.17) is 5.73 Å². The summed E-state index contributed by atoms with van der Waals surface area (Å²) in [6.07, 6.45) is 1.37. The molecule has 0 unspecified atom stereocenters. The van der Waals surface area contributed by atoms with Crippen molar-refractivity contribution in [3.05, 3.63) is 29.3 Å². The molecule has 3 nitrogen and oxygen atoms in total. The van der Waals surface area contributed by atoms with Crippen LogP contribution in [0.15, 0.2) is 12.1 Å². The lowest BCUT2D eigenvalue weighted by Gasteiger charge is -2.44. The predicted octanol–water partition coefficient (Wildman–Crippen LogP) is 2.59. The fourth-order valence-electron chi connectivity index (χ4n) is 2.72. The average Bonchev–Trinajstić information content (AvgIpc) is 2.31. The van der Waals surface area contributed by atoms with Gasteiger partial charge in [-0.1, -0.05) is 6.92 Å². The highest BCUT2D eigenvalue weighted by Crippen LogP contribution is 2.45. The number of halogens is 2. The van der Waals surface area contributed by atoms with E-state index in [1.165, 1.54) is 6.92 Å². The lowest BCUT2D eigenvalue weighted by molar-refractivity contribution is -0.132. The number of carbonyl (C=O) groups excluding carboxylic acids is 1. The summed E-state index contributed by atoms with van der Waals surface area (Å²) in [5, 5.41) is 2.46. The molecule has 1 saturated carbocycles. The normalized spacial score (nSPS) is 25.8. The van der Waals surface area contributed by atoms with Crippen LogP contribution in [0.2, 0.25) is 0 Å². The Morgan fingerprint density at radius 3 is 2.58 bits per heavy atom. The van der Waals surface area contributed by atoms with Crippen LogP contribution in [0, 0.1) is 29.9 Å². The Bertz CT molecular complexity index is 510. The molecule has 3 N–H and O–H groups in total. The topological polar surface area (TPSA) is 55.1 Å². The minimum Gasteiger partial charge on any atom is -0.329 e. The van der Waals surface area contributed by atoms with Gasteiger partial charge < -0.3 is 11.1 Å². The molecule has 1 aliphatic carbocycles. The first-order valence-corrected chi connectivity index (χ1v) is 6.35. The number of hydrogen-bond donors (Lipinski definition) is 2. The molecular formula is C14H18F2N2O. The van der Waals surface area contributed by atoms with Crippen molar-refractivity contribution in [2.45, 2.75) is 26.7 Å². The molecule has 19 heavy (non-hydrogen) atoms. The van der Waals surface area contributed by atoms with E-state index in [1.54, 1.807) is 0 Å². The van der Waals surface area contributed by atoms with E-state index >= 15 is 0 Å². The third-order valence-electron chi connectivity index (χ3n) is 3.85. The molecule has 0 heterocycles. The highest BCUT2D eigenvalue weighted by Gasteiger charge is 2.47. The van der Waals surface area contributed by atoms with Crippen molar-refractivity contribution in [2.24, 2.45) is 17.1 Å². The van der Waals surface area contributed by atoms with Crippen molar-refractivity contribution in [3.63, 3.8) is 0 Å². The molecule has 1 amide bonds. The van der Waals surface area contributed by atoms with E-state index in [0.29, 0.717) is 18.8 Å². The van der Waals surface area contributed by atoms with Crippen molar-refractivity contribution in [1.29, 1.82) is 0 Å². The molecule has 0 aliphatic heterocycles. The molecule has 1 aliphatic rings. The van der Waals surface area contributed by atoms with E-state index in [9.17, 15) is 13.6 Å². The van der Waals surface area contributed by atoms with Gasteiger partial charge in [0.15, 0.2) is 0 Å². The Balaban J connectivity index is 2.17. The Hall–Kier alpha value is -1.49. The molecule has 0 radical (unpaired) electrons. The lowest BCUT2D eigenvalue weighted by Crippen LogP contribution is -2.51. The molecule has 1 fully saturated rings. The first-order chi connectivity index (χ1) is 8.88. The Morgan fingerprint density at radius 2 is 2.05 bits per heavy atom. The fourth-order valence-corrected chi connectivity index (χ4v) is 2.72. The summed E-state index contributed by atoms with van der Waals surface area (Å²) in [5.41, 5.74) is 5.10. The van der Waals surface area contributed by atoms with Gasteiger partial charge in [0.25, 0.3) is 0 Å². The number of aryl methyl sites for hydroxylation is 1. The van der Waals surface area contributed by atoms with Gasteiger partial charge in [0, 0.05) is 12.6 Å². The minimum absolute atomic E-state index is 0.125. The second-order valence-electron chi connectivity index (χ2n) is 5.53. The van der Waals surface area contributed by atoms with E-state index in [-0.39, 0.29) is 23.7 Å². The highest BCUT2D eigenvalue weighted by atomic mass is 19.1. The quantitative estimate of drug-likeness (QED) is 0.885. The van der Waals surface area contributed by atoms with Gasteiger partial charge in [0.2, 0.25) is 5.91 Å². The van der Waals surface area contributed by atoms with Gasteiger partial charge in [0.1, 0.15) is 11.6 Å². The lowest BCUT2D eigenvalue weighted by atomic mass is 9.62. The molecule has 0 aromatic heterocycles. The van der Waals surface area contributed by atoms with Gasteiger partial charge in [-0.05, 0) is 37.3 Å². The van der Waals surface area contributed by atoms with Crippen LogP contribution < -0.4 is 11.1 Å². The van der Waals surface area contributed by atoms with Gasteiger partial charge in [-0.2, -0.15) is 0 Å². The zero-order valence-corrected chi connectivity index (χ0v) is 11.1. The number of rotatable bonds is 3. The molecule has 0 spiro atoms. The summed E-state index contributed by atoms with van der Waals surface area (Å²) < 4.78 is 27.1. The third kappa shape index (κ3) is 2.47. The zero-order valence-electron chi connectivity index (χ0n) is 11.1. The second-order valence-corrected chi connectivity index (χ2v) is 5.53. The molecule has 5 heteroatoms. The maximum absolute atomic E-state index is 13.7. The van der Waals surface area contributed by atoms with E-state index in [0.717, 1.165) is 12.1 Å². The number of benzene rings is 1. The number of amides is 1. The van der Waals surface area contributed by atoms with Crippen LogP contribution in [0.4, 0.5) is 14.5 Å². The van der Waals surface area contributed by atoms with E-state index in [2.05, 4.69) is 5.32 Å². The Kier molecular flexibility index (Phi) is 3.58. The highest BCUT2D eigenvalue weighted by molar-refractivity contribution is 5.96. The van der Waals surface area contributed by atoms with E-state index < -0.39 is 17.0 Å². The van der Waals surface area contributed by atoms with Crippen molar-refractivity contribution in [1.82, 2.24) is 0 Å². The Morgan fingerprint density at radius 1 is 1.42 bits per heavy atom. The molecule has 0 atom stereocenters. The minimum atomic E-state index is -0.633. The number of carbonyl (C=O) groups is 1. The predicted molar refractivity (Wildman–Crippen MR) is 69.6 cm³/mol. The second kappa shape index (κ2) is 4.89. The van der Waals surface area contributed by atoms with Crippen molar-refractivity contribution in [3.8, 4) is 0 Å². The van der Waals surface area contributed by atoms with Crippen molar-refractivity contribution >= 4 is 11.6 Å². The van der Waals surface area contributed by atoms with Crippen LogP contribution in [0.5, 0.6) is 0 Å². The molecule has 2 rings (SSSR count). The van der Waals surface area contributed by atoms with Crippen molar-refractivity contribution < 1.29 is 13.6 Å².